The summed E-state index contributed by atoms with van der Waals surface area (Å²) < 4.78 is 39.9. The summed E-state index contributed by atoms with van der Waals surface area (Å²) in [6.07, 6.45) is 11.0. The lowest BCUT2D eigenvalue weighted by Crippen LogP contribution is -2.20. The van der Waals surface area contributed by atoms with Gasteiger partial charge in [-0.05, 0) is 73.5 Å². The van der Waals surface area contributed by atoms with E-state index in [0.717, 1.165) is 43.4 Å². The van der Waals surface area contributed by atoms with E-state index in [2.05, 4.69) is 6.92 Å². The zero-order chi connectivity index (χ0) is 16.4. The Hall–Kier alpha value is -0.990. The first-order valence-electron chi connectivity index (χ1n) is 9.17. The Morgan fingerprint density at radius 1 is 0.833 bits per heavy atom. The van der Waals surface area contributed by atoms with Gasteiger partial charge in [-0.3, -0.25) is 0 Å². The highest BCUT2D eigenvalue weighted by Crippen LogP contribution is 2.41. The van der Waals surface area contributed by atoms with Gasteiger partial charge in [0.2, 0.25) is 0 Å². The summed E-state index contributed by atoms with van der Waals surface area (Å²) >= 11 is 0. The Labute approximate surface area is 147 Å². The number of benzene rings is 1. The van der Waals surface area contributed by atoms with Crippen molar-refractivity contribution >= 4 is 0 Å². The molecule has 0 aliphatic heterocycles. The number of hydrogen-bond acceptors (Lipinski definition) is 0. The molecule has 24 heavy (non-hydrogen) atoms. The van der Waals surface area contributed by atoms with E-state index < -0.39 is 17.5 Å². The van der Waals surface area contributed by atoms with E-state index in [4.69, 9.17) is 0 Å². The van der Waals surface area contributed by atoms with Crippen LogP contribution in [0.2, 0.25) is 0 Å². The molecular formula is C21H35F3. The molecule has 0 radical (unpaired) electrons. The lowest BCUT2D eigenvalue weighted by molar-refractivity contribution is 0.211. The molecule has 0 heterocycles. The third-order valence-electron chi connectivity index (χ3n) is 6.13. The first-order chi connectivity index (χ1) is 11.0. The van der Waals surface area contributed by atoms with E-state index in [9.17, 15) is 13.2 Å². The van der Waals surface area contributed by atoms with E-state index in [-0.39, 0.29) is 16.2 Å². The number of hydrogen-bond donors (Lipinski definition) is 0. The highest BCUT2D eigenvalue weighted by atomic mass is 19.2. The molecule has 0 N–H and O–H groups in total. The van der Waals surface area contributed by atoms with E-state index >= 15 is 0 Å². The number of rotatable bonds is 3. The highest BCUT2D eigenvalue weighted by molar-refractivity contribution is 5.23. The van der Waals surface area contributed by atoms with Gasteiger partial charge in [0, 0.05) is 2.85 Å². The summed E-state index contributed by atoms with van der Waals surface area (Å²) in [5, 5.41) is 0. The average molecular weight is 345 g/mol. The van der Waals surface area contributed by atoms with E-state index in [0.29, 0.717) is 5.56 Å². The quantitative estimate of drug-likeness (QED) is 0.492. The van der Waals surface area contributed by atoms with Crippen molar-refractivity contribution in [1.29, 1.82) is 0 Å². The normalized spacial score (nSPS) is 30.7. The SMILES string of the molecule is C.CC1CCC(CC2CCC(c3cc(F)c(F)c(F)c3)CC2)CC1.[HH].[HH]. The van der Waals surface area contributed by atoms with Crippen LogP contribution in [0.25, 0.3) is 0 Å². The van der Waals surface area contributed by atoms with Crippen LogP contribution < -0.4 is 0 Å². The van der Waals surface area contributed by atoms with Crippen LogP contribution in [-0.4, -0.2) is 0 Å². The minimum Gasteiger partial charge on any atom is -0.204 e. The zero-order valence-corrected chi connectivity index (χ0v) is 14.0. The van der Waals surface area contributed by atoms with E-state index in [1.807, 2.05) is 0 Å². The molecule has 3 heteroatoms. The monoisotopic (exact) mass is 344 g/mol. The third kappa shape index (κ3) is 4.55. The van der Waals surface area contributed by atoms with Crippen LogP contribution in [-0.2, 0) is 0 Å². The first-order valence-corrected chi connectivity index (χ1v) is 9.17. The van der Waals surface area contributed by atoms with Crippen molar-refractivity contribution in [2.45, 2.75) is 78.1 Å². The molecule has 1 aromatic rings. The fourth-order valence-corrected chi connectivity index (χ4v) is 4.58. The predicted molar refractivity (Wildman–Crippen MR) is 97.7 cm³/mol. The summed E-state index contributed by atoms with van der Waals surface area (Å²) in [6.45, 7) is 2.35. The van der Waals surface area contributed by atoms with Crippen LogP contribution in [0.5, 0.6) is 0 Å². The van der Waals surface area contributed by atoms with Crippen molar-refractivity contribution in [3.63, 3.8) is 0 Å². The smallest absolute Gasteiger partial charge is 0.194 e. The average Bonchev–Trinajstić information content (AvgIpc) is 2.55. The van der Waals surface area contributed by atoms with Gasteiger partial charge in [0.05, 0.1) is 0 Å². The van der Waals surface area contributed by atoms with Crippen LogP contribution in [0.3, 0.4) is 0 Å². The van der Waals surface area contributed by atoms with Gasteiger partial charge in [0.15, 0.2) is 17.5 Å². The standard InChI is InChI=1S/C20H27F3.CH4.2H2/c1-13-2-4-14(5-3-13)10-15-6-8-16(9-7-15)17-11-18(21)20(23)19(22)12-17;;;/h11-16H,2-10H2,1H3;1H4;2*1H. The Kier molecular flexibility index (Phi) is 6.77. The molecule has 3 rings (SSSR count). The minimum atomic E-state index is -1.35. The van der Waals surface area contributed by atoms with Crippen LogP contribution in [0.1, 0.15) is 86.5 Å². The Morgan fingerprint density at radius 2 is 1.29 bits per heavy atom. The fraction of sp³-hybridized carbons (Fsp3) is 0.714. The Balaban J connectivity index is 0.00000208. The molecule has 0 spiro atoms. The second kappa shape index (κ2) is 8.40. The van der Waals surface area contributed by atoms with Crippen molar-refractivity contribution in [3.8, 4) is 0 Å². The maximum Gasteiger partial charge on any atom is 0.194 e. The predicted octanol–water partition coefficient (Wildman–Crippen LogP) is 7.72. The van der Waals surface area contributed by atoms with E-state index in [1.54, 1.807) is 0 Å². The summed E-state index contributed by atoms with van der Waals surface area (Å²) in [5.41, 5.74) is 0.631. The second-order valence-corrected chi connectivity index (χ2v) is 7.88. The van der Waals surface area contributed by atoms with Gasteiger partial charge in [-0.15, -0.1) is 0 Å². The summed E-state index contributed by atoms with van der Waals surface area (Å²) in [4.78, 5) is 0. The molecule has 0 amide bonds. The molecule has 1 aromatic carbocycles. The molecule has 0 saturated heterocycles. The van der Waals surface area contributed by atoms with Gasteiger partial charge in [0.1, 0.15) is 0 Å². The zero-order valence-electron chi connectivity index (χ0n) is 14.0. The summed E-state index contributed by atoms with van der Waals surface area (Å²) in [7, 11) is 0. The molecule has 0 aromatic heterocycles. The molecule has 0 bridgehead atoms. The molecule has 0 unspecified atom stereocenters. The molecule has 2 saturated carbocycles. The van der Waals surface area contributed by atoms with Gasteiger partial charge in [-0.25, -0.2) is 13.2 Å². The largest absolute Gasteiger partial charge is 0.204 e. The van der Waals surface area contributed by atoms with Gasteiger partial charge >= 0.3 is 0 Å². The maximum absolute atomic E-state index is 13.4. The Bertz CT molecular complexity index is 511. The fourth-order valence-electron chi connectivity index (χ4n) is 4.58. The molecular weight excluding hydrogens is 309 g/mol. The van der Waals surface area contributed by atoms with Crippen molar-refractivity contribution in [2.75, 3.05) is 0 Å². The molecule has 0 atom stereocenters. The summed E-state index contributed by atoms with van der Waals surface area (Å²) in [6, 6.07) is 2.37. The summed E-state index contributed by atoms with van der Waals surface area (Å²) in [5.74, 6) is -0.744. The molecule has 140 valence electrons. The van der Waals surface area contributed by atoms with Crippen molar-refractivity contribution < 1.29 is 16.0 Å². The maximum atomic E-state index is 13.4. The second-order valence-electron chi connectivity index (χ2n) is 7.88. The van der Waals surface area contributed by atoms with Crippen LogP contribution >= 0.6 is 0 Å². The molecule has 2 fully saturated rings. The molecule has 0 nitrogen and oxygen atoms in total. The van der Waals surface area contributed by atoms with Crippen molar-refractivity contribution in [1.82, 2.24) is 0 Å². The van der Waals surface area contributed by atoms with Crippen LogP contribution in [0.4, 0.5) is 13.2 Å². The lowest BCUT2D eigenvalue weighted by atomic mass is 9.72. The van der Waals surface area contributed by atoms with Crippen molar-refractivity contribution in [2.24, 2.45) is 17.8 Å². The van der Waals surface area contributed by atoms with Gasteiger partial charge in [-0.1, -0.05) is 40.0 Å². The topological polar surface area (TPSA) is 0 Å². The van der Waals surface area contributed by atoms with Gasteiger partial charge in [0.25, 0.3) is 0 Å². The Morgan fingerprint density at radius 3 is 1.79 bits per heavy atom. The third-order valence-corrected chi connectivity index (χ3v) is 6.13. The van der Waals surface area contributed by atoms with Gasteiger partial charge < -0.3 is 0 Å². The van der Waals surface area contributed by atoms with Gasteiger partial charge in [-0.2, -0.15) is 0 Å². The lowest BCUT2D eigenvalue weighted by Gasteiger charge is -2.33. The van der Waals surface area contributed by atoms with E-state index in [1.165, 1.54) is 44.2 Å². The van der Waals surface area contributed by atoms with Crippen LogP contribution in [0, 0.1) is 35.2 Å². The first kappa shape index (κ1) is 19.3. The van der Waals surface area contributed by atoms with Crippen LogP contribution in [0.15, 0.2) is 12.1 Å². The molecule has 2 aliphatic rings. The molecule has 2 aliphatic carbocycles. The van der Waals surface area contributed by atoms with Crippen molar-refractivity contribution in [3.05, 3.63) is 35.1 Å². The number of halogens is 3. The minimum absolute atomic E-state index is 0. The highest BCUT2D eigenvalue weighted by Gasteiger charge is 2.27.